The Morgan fingerprint density at radius 3 is 2.29 bits per heavy atom. The number of nitrogens with two attached hydrogens (primary N) is 1. The van der Waals surface area contributed by atoms with Crippen LogP contribution in [0.25, 0.3) is 0 Å². The maximum absolute atomic E-state index is 12.3. The highest BCUT2D eigenvalue weighted by Gasteiger charge is 2.30. The number of hydrogen-bond acceptors (Lipinski definition) is 2. The third-order valence-corrected chi connectivity index (χ3v) is 2.44. The van der Waals surface area contributed by atoms with Gasteiger partial charge in [-0.3, -0.25) is 0 Å². The topological polar surface area (TPSA) is 35.2 Å². The minimum Gasteiger partial charge on any atom is -0.382 e. The summed E-state index contributed by atoms with van der Waals surface area (Å²) < 4.78 is 42.1. The molecule has 0 fully saturated rings. The molecule has 0 aliphatic rings. The molecule has 96 valence electrons. The summed E-state index contributed by atoms with van der Waals surface area (Å²) in [5.74, 6) is 0. The van der Waals surface area contributed by atoms with Crippen molar-refractivity contribution in [2.75, 3.05) is 13.2 Å². The van der Waals surface area contributed by atoms with E-state index in [1.54, 1.807) is 0 Å². The molecule has 1 aromatic rings. The first kappa shape index (κ1) is 14.0. The van der Waals surface area contributed by atoms with Gasteiger partial charge in [0.05, 0.1) is 5.56 Å². The summed E-state index contributed by atoms with van der Waals surface area (Å²) in [6.07, 6.45) is -3.70. The number of hydrogen-bond donors (Lipinski definition) is 1. The van der Waals surface area contributed by atoms with Gasteiger partial charge in [-0.05, 0) is 31.0 Å². The number of alkyl halides is 3. The van der Waals surface area contributed by atoms with Crippen LogP contribution in [0.5, 0.6) is 0 Å². The van der Waals surface area contributed by atoms with Gasteiger partial charge >= 0.3 is 6.18 Å². The van der Waals surface area contributed by atoms with Crippen molar-refractivity contribution >= 4 is 0 Å². The van der Waals surface area contributed by atoms with Crippen LogP contribution in [0.3, 0.4) is 0 Å². The Balaban J connectivity index is 2.61. The van der Waals surface area contributed by atoms with Crippen LogP contribution < -0.4 is 5.73 Å². The van der Waals surface area contributed by atoms with Gasteiger partial charge in [0.25, 0.3) is 0 Å². The molecule has 17 heavy (non-hydrogen) atoms. The fraction of sp³-hybridized carbons (Fsp3) is 0.500. The van der Waals surface area contributed by atoms with Crippen LogP contribution in [0.1, 0.15) is 30.5 Å². The van der Waals surface area contributed by atoms with Gasteiger partial charge < -0.3 is 10.5 Å². The summed E-state index contributed by atoms with van der Waals surface area (Å²) >= 11 is 0. The number of ether oxygens (including phenoxy) is 1. The van der Waals surface area contributed by atoms with Gasteiger partial charge in [0.2, 0.25) is 0 Å². The summed E-state index contributed by atoms with van der Waals surface area (Å²) in [4.78, 5) is 0. The minimum absolute atomic E-state index is 0.288. The van der Waals surface area contributed by atoms with Gasteiger partial charge in [-0.25, -0.2) is 0 Å². The second-order valence-corrected chi connectivity index (χ2v) is 3.71. The van der Waals surface area contributed by atoms with Crippen LogP contribution >= 0.6 is 0 Å². The van der Waals surface area contributed by atoms with E-state index in [9.17, 15) is 13.2 Å². The number of benzene rings is 1. The highest BCUT2D eigenvalue weighted by atomic mass is 19.4. The highest BCUT2D eigenvalue weighted by Crippen LogP contribution is 2.29. The van der Waals surface area contributed by atoms with Crippen molar-refractivity contribution in [1.29, 1.82) is 0 Å². The molecular formula is C12H16F3NO. The lowest BCUT2D eigenvalue weighted by Gasteiger charge is -2.13. The van der Waals surface area contributed by atoms with Crippen LogP contribution in [0.15, 0.2) is 24.3 Å². The molecule has 0 bridgehead atoms. The van der Waals surface area contributed by atoms with Crippen molar-refractivity contribution in [1.82, 2.24) is 0 Å². The zero-order valence-electron chi connectivity index (χ0n) is 9.63. The van der Waals surface area contributed by atoms with E-state index in [1.165, 1.54) is 12.1 Å². The largest absolute Gasteiger partial charge is 0.416 e. The first-order valence-electron chi connectivity index (χ1n) is 5.45. The predicted molar refractivity (Wildman–Crippen MR) is 59.5 cm³/mol. The lowest BCUT2D eigenvalue weighted by molar-refractivity contribution is -0.137. The van der Waals surface area contributed by atoms with Crippen molar-refractivity contribution < 1.29 is 17.9 Å². The summed E-state index contributed by atoms with van der Waals surface area (Å²) in [5, 5.41) is 0. The molecule has 0 saturated heterocycles. The van der Waals surface area contributed by atoms with Gasteiger partial charge in [0.1, 0.15) is 0 Å². The van der Waals surface area contributed by atoms with E-state index in [0.717, 1.165) is 12.1 Å². The smallest absolute Gasteiger partial charge is 0.382 e. The summed E-state index contributed by atoms with van der Waals surface area (Å²) in [7, 11) is 0. The Labute approximate surface area is 98.6 Å². The molecular weight excluding hydrogens is 231 g/mol. The average molecular weight is 247 g/mol. The molecule has 0 aliphatic heterocycles. The number of rotatable bonds is 5. The van der Waals surface area contributed by atoms with E-state index in [2.05, 4.69) is 0 Å². The van der Waals surface area contributed by atoms with E-state index < -0.39 is 11.7 Å². The van der Waals surface area contributed by atoms with Crippen LogP contribution in [-0.4, -0.2) is 13.2 Å². The van der Waals surface area contributed by atoms with E-state index in [0.29, 0.717) is 25.2 Å². The lowest BCUT2D eigenvalue weighted by Crippen LogP contribution is -2.13. The molecule has 1 rings (SSSR count). The Bertz CT molecular complexity index is 335. The van der Waals surface area contributed by atoms with Crippen molar-refractivity contribution in [3.63, 3.8) is 0 Å². The minimum atomic E-state index is -4.30. The highest BCUT2D eigenvalue weighted by molar-refractivity contribution is 5.26. The molecule has 2 nitrogen and oxygen atoms in total. The zero-order chi connectivity index (χ0) is 12.9. The van der Waals surface area contributed by atoms with Gasteiger partial charge in [-0.2, -0.15) is 13.2 Å². The Hall–Kier alpha value is -1.07. The Morgan fingerprint density at radius 2 is 1.82 bits per heavy atom. The fourth-order valence-electron chi connectivity index (χ4n) is 1.44. The van der Waals surface area contributed by atoms with Crippen molar-refractivity contribution in [2.45, 2.75) is 25.6 Å². The van der Waals surface area contributed by atoms with Crippen molar-refractivity contribution in [3.8, 4) is 0 Å². The SMILES string of the molecule is CCOCCC(N)c1ccc(C(F)(F)F)cc1. The fourth-order valence-corrected chi connectivity index (χ4v) is 1.44. The standard InChI is InChI=1S/C12H16F3NO/c1-2-17-8-7-11(16)9-3-5-10(6-4-9)12(13,14)15/h3-6,11H,2,7-8,16H2,1H3. The summed E-state index contributed by atoms with van der Waals surface area (Å²) in [6.45, 7) is 3.00. The van der Waals surface area contributed by atoms with Gasteiger partial charge in [-0.1, -0.05) is 12.1 Å². The van der Waals surface area contributed by atoms with Gasteiger partial charge in [-0.15, -0.1) is 0 Å². The van der Waals surface area contributed by atoms with Crippen LogP contribution in [0.4, 0.5) is 13.2 Å². The van der Waals surface area contributed by atoms with E-state index in [4.69, 9.17) is 10.5 Å². The molecule has 0 saturated carbocycles. The molecule has 1 unspecified atom stereocenters. The maximum Gasteiger partial charge on any atom is 0.416 e. The quantitative estimate of drug-likeness (QED) is 0.811. The molecule has 5 heteroatoms. The molecule has 0 radical (unpaired) electrons. The maximum atomic E-state index is 12.3. The van der Waals surface area contributed by atoms with Crippen LogP contribution in [0.2, 0.25) is 0 Å². The zero-order valence-corrected chi connectivity index (χ0v) is 9.63. The lowest BCUT2D eigenvalue weighted by atomic mass is 10.0. The summed E-state index contributed by atoms with van der Waals surface area (Å²) in [6, 6.07) is 4.65. The van der Waals surface area contributed by atoms with E-state index in [1.807, 2.05) is 6.92 Å². The molecule has 1 atom stereocenters. The van der Waals surface area contributed by atoms with Gasteiger partial charge in [0, 0.05) is 19.3 Å². The van der Waals surface area contributed by atoms with Crippen molar-refractivity contribution in [2.24, 2.45) is 5.73 Å². The molecule has 2 N–H and O–H groups in total. The normalized spacial score (nSPS) is 13.7. The summed E-state index contributed by atoms with van der Waals surface area (Å²) in [5.41, 5.74) is 5.87. The third kappa shape index (κ3) is 4.36. The second-order valence-electron chi connectivity index (χ2n) is 3.71. The Morgan fingerprint density at radius 1 is 1.24 bits per heavy atom. The first-order chi connectivity index (χ1) is 7.95. The van der Waals surface area contributed by atoms with Gasteiger partial charge in [0.15, 0.2) is 0 Å². The molecule has 1 aromatic carbocycles. The van der Waals surface area contributed by atoms with Crippen LogP contribution in [0, 0.1) is 0 Å². The van der Waals surface area contributed by atoms with E-state index in [-0.39, 0.29) is 6.04 Å². The molecule has 0 heterocycles. The third-order valence-electron chi connectivity index (χ3n) is 2.44. The van der Waals surface area contributed by atoms with Crippen molar-refractivity contribution in [3.05, 3.63) is 35.4 Å². The molecule has 0 amide bonds. The second kappa shape index (κ2) is 6.02. The first-order valence-corrected chi connectivity index (χ1v) is 5.45. The van der Waals surface area contributed by atoms with Crippen LogP contribution in [-0.2, 0) is 10.9 Å². The van der Waals surface area contributed by atoms with E-state index >= 15 is 0 Å². The monoisotopic (exact) mass is 247 g/mol. The Kier molecular flexibility index (Phi) is 4.96. The molecule has 0 spiro atoms. The molecule has 0 aliphatic carbocycles. The number of halogens is 3. The molecule has 0 aromatic heterocycles. The predicted octanol–water partition coefficient (Wildman–Crippen LogP) is 3.13. The average Bonchev–Trinajstić information content (AvgIpc) is 2.28.